The highest BCUT2D eigenvalue weighted by atomic mass is 32.2. The van der Waals surface area contributed by atoms with Gasteiger partial charge in [0.15, 0.2) is 0 Å². The molecule has 0 saturated heterocycles. The van der Waals surface area contributed by atoms with E-state index < -0.39 is 5.97 Å². The standard InChI is InChI=1S/C32H29N3O5S/c1-4-40-32(37)22-10-12-23(13-11-22)34-30(36)16-17-41-31-27(20-33)25(19-28(35-31)21-8-6-5-7-9-21)26-18-24(38-2)14-15-29(26)39-3/h5-15,18-19H,4,16-17H2,1-3H3,(H,34,36). The quantitative estimate of drug-likeness (QED) is 0.159. The Hall–Kier alpha value is -4.81. The van der Waals surface area contributed by atoms with E-state index in [1.54, 1.807) is 57.5 Å². The maximum atomic E-state index is 12.7. The van der Waals surface area contributed by atoms with Crippen molar-refractivity contribution in [2.45, 2.75) is 18.4 Å². The zero-order valence-corrected chi connectivity index (χ0v) is 23.8. The van der Waals surface area contributed by atoms with Crippen molar-refractivity contribution in [2.24, 2.45) is 0 Å². The summed E-state index contributed by atoms with van der Waals surface area (Å²) in [5, 5.41) is 13.6. The lowest BCUT2D eigenvalue weighted by atomic mass is 9.98. The van der Waals surface area contributed by atoms with Crippen molar-refractivity contribution < 1.29 is 23.8 Å². The molecule has 4 rings (SSSR count). The zero-order chi connectivity index (χ0) is 29.2. The van der Waals surface area contributed by atoms with Gasteiger partial charge in [-0.05, 0) is 55.5 Å². The molecular weight excluding hydrogens is 538 g/mol. The van der Waals surface area contributed by atoms with Crippen molar-refractivity contribution in [3.05, 3.63) is 90.0 Å². The van der Waals surface area contributed by atoms with Gasteiger partial charge < -0.3 is 19.5 Å². The SMILES string of the molecule is CCOC(=O)c1ccc(NC(=O)CCSc2nc(-c3ccccc3)cc(-c3cc(OC)ccc3OC)c2C#N)cc1. The molecule has 4 aromatic rings. The molecule has 1 N–H and O–H groups in total. The van der Waals surface area contributed by atoms with Gasteiger partial charge in [-0.25, -0.2) is 9.78 Å². The molecule has 3 aromatic carbocycles. The fourth-order valence-electron chi connectivity index (χ4n) is 4.10. The molecular formula is C32H29N3O5S. The van der Waals surface area contributed by atoms with Crippen LogP contribution in [-0.2, 0) is 9.53 Å². The van der Waals surface area contributed by atoms with Gasteiger partial charge in [-0.2, -0.15) is 5.26 Å². The maximum absolute atomic E-state index is 12.7. The van der Waals surface area contributed by atoms with E-state index >= 15 is 0 Å². The number of thioether (sulfide) groups is 1. The van der Waals surface area contributed by atoms with Crippen molar-refractivity contribution >= 4 is 29.3 Å². The molecule has 0 radical (unpaired) electrons. The smallest absolute Gasteiger partial charge is 0.338 e. The number of benzene rings is 3. The molecule has 0 fully saturated rings. The van der Waals surface area contributed by atoms with Gasteiger partial charge in [0.05, 0.1) is 37.6 Å². The van der Waals surface area contributed by atoms with Gasteiger partial charge in [-0.15, -0.1) is 11.8 Å². The second-order valence-corrected chi connectivity index (χ2v) is 9.81. The minimum absolute atomic E-state index is 0.185. The Balaban J connectivity index is 1.58. The summed E-state index contributed by atoms with van der Waals surface area (Å²) < 4.78 is 16.0. The Morgan fingerprint density at radius 1 is 0.951 bits per heavy atom. The number of hydrogen-bond donors (Lipinski definition) is 1. The molecule has 9 heteroatoms. The van der Waals surface area contributed by atoms with Crippen LogP contribution < -0.4 is 14.8 Å². The third-order valence-electron chi connectivity index (χ3n) is 6.11. The number of nitrogens with one attached hydrogen (secondary N) is 1. The number of anilines is 1. The molecule has 0 saturated carbocycles. The second-order valence-electron chi connectivity index (χ2n) is 8.72. The first-order chi connectivity index (χ1) is 20.0. The summed E-state index contributed by atoms with van der Waals surface area (Å²) in [6, 6.07) is 25.8. The molecule has 0 aliphatic carbocycles. The first kappa shape index (κ1) is 29.2. The highest BCUT2D eigenvalue weighted by Gasteiger charge is 2.19. The van der Waals surface area contributed by atoms with Crippen LogP contribution in [0, 0.1) is 11.3 Å². The molecule has 0 aliphatic heterocycles. The maximum Gasteiger partial charge on any atom is 0.338 e. The van der Waals surface area contributed by atoms with E-state index in [0.717, 1.165) is 5.56 Å². The van der Waals surface area contributed by atoms with Crippen LogP contribution in [0.4, 0.5) is 5.69 Å². The lowest BCUT2D eigenvalue weighted by Gasteiger charge is -2.15. The first-order valence-electron chi connectivity index (χ1n) is 12.9. The van der Waals surface area contributed by atoms with Crippen LogP contribution >= 0.6 is 11.8 Å². The van der Waals surface area contributed by atoms with E-state index in [9.17, 15) is 14.9 Å². The summed E-state index contributed by atoms with van der Waals surface area (Å²) in [5.74, 6) is 1.00. The lowest BCUT2D eigenvalue weighted by Crippen LogP contribution is -2.12. The van der Waals surface area contributed by atoms with Gasteiger partial charge in [0, 0.05) is 34.6 Å². The molecule has 0 unspecified atom stereocenters. The Bertz CT molecular complexity index is 1570. The monoisotopic (exact) mass is 567 g/mol. The van der Waals surface area contributed by atoms with Gasteiger partial charge in [0.2, 0.25) is 5.91 Å². The predicted octanol–water partition coefficient (Wildman–Crippen LogP) is 6.60. The molecule has 41 heavy (non-hydrogen) atoms. The van der Waals surface area contributed by atoms with Crippen LogP contribution in [0.2, 0.25) is 0 Å². The van der Waals surface area contributed by atoms with E-state index in [1.165, 1.54) is 11.8 Å². The number of ether oxygens (including phenoxy) is 3. The number of carbonyl (C=O) groups excluding carboxylic acids is 2. The Morgan fingerprint density at radius 2 is 1.71 bits per heavy atom. The number of aromatic nitrogens is 1. The lowest BCUT2D eigenvalue weighted by molar-refractivity contribution is -0.115. The number of nitriles is 1. The third-order valence-corrected chi connectivity index (χ3v) is 7.09. The molecule has 1 amide bonds. The van der Waals surface area contributed by atoms with Crippen molar-refractivity contribution in [3.8, 4) is 40.0 Å². The summed E-state index contributed by atoms with van der Waals surface area (Å²) in [7, 11) is 3.16. The summed E-state index contributed by atoms with van der Waals surface area (Å²) in [6.45, 7) is 2.04. The topological polar surface area (TPSA) is 111 Å². The van der Waals surface area contributed by atoms with Crippen molar-refractivity contribution in [1.82, 2.24) is 4.98 Å². The van der Waals surface area contributed by atoms with Crippen LogP contribution in [0.1, 0.15) is 29.3 Å². The van der Waals surface area contributed by atoms with Crippen LogP contribution in [0.3, 0.4) is 0 Å². The van der Waals surface area contributed by atoms with Gasteiger partial charge >= 0.3 is 5.97 Å². The van der Waals surface area contributed by atoms with Crippen molar-refractivity contribution in [1.29, 1.82) is 5.26 Å². The summed E-state index contributed by atoms with van der Waals surface area (Å²) in [4.78, 5) is 29.3. The van der Waals surface area contributed by atoms with Crippen molar-refractivity contribution in [2.75, 3.05) is 31.9 Å². The molecule has 208 valence electrons. The first-order valence-corrected chi connectivity index (χ1v) is 13.9. The van der Waals surface area contributed by atoms with Gasteiger partial charge in [-0.1, -0.05) is 30.3 Å². The largest absolute Gasteiger partial charge is 0.497 e. The molecule has 1 heterocycles. The number of nitrogens with zero attached hydrogens (tertiary/aromatic N) is 2. The molecule has 0 bridgehead atoms. The number of hydrogen-bond acceptors (Lipinski definition) is 8. The zero-order valence-electron chi connectivity index (χ0n) is 23.0. The fraction of sp³-hybridized carbons (Fsp3) is 0.188. The van der Waals surface area contributed by atoms with E-state index in [2.05, 4.69) is 11.4 Å². The minimum atomic E-state index is -0.411. The summed E-state index contributed by atoms with van der Waals surface area (Å²) in [5.41, 5.74) is 4.32. The fourth-order valence-corrected chi connectivity index (χ4v) is 5.04. The number of esters is 1. The molecule has 1 aromatic heterocycles. The molecule has 0 aliphatic rings. The Kier molecular flexibility index (Phi) is 9.97. The number of amides is 1. The Morgan fingerprint density at radius 3 is 2.37 bits per heavy atom. The number of methoxy groups -OCH3 is 2. The van der Waals surface area contributed by atoms with E-state index in [-0.39, 0.29) is 12.3 Å². The highest BCUT2D eigenvalue weighted by molar-refractivity contribution is 7.99. The van der Waals surface area contributed by atoms with Crippen LogP contribution in [0.15, 0.2) is 83.9 Å². The highest BCUT2D eigenvalue weighted by Crippen LogP contribution is 2.40. The van der Waals surface area contributed by atoms with Crippen molar-refractivity contribution in [3.63, 3.8) is 0 Å². The summed E-state index contributed by atoms with van der Waals surface area (Å²) in [6.07, 6.45) is 0.185. The molecule has 0 spiro atoms. The van der Waals surface area contributed by atoms with Crippen LogP contribution in [0.25, 0.3) is 22.4 Å². The van der Waals surface area contributed by atoms with Gasteiger partial charge in [-0.3, -0.25) is 4.79 Å². The molecule has 0 atom stereocenters. The normalized spacial score (nSPS) is 10.4. The summed E-state index contributed by atoms with van der Waals surface area (Å²) >= 11 is 1.34. The third kappa shape index (κ3) is 7.24. The molecule has 8 nitrogen and oxygen atoms in total. The van der Waals surface area contributed by atoms with E-state index in [1.807, 2.05) is 42.5 Å². The van der Waals surface area contributed by atoms with E-state index in [0.29, 0.717) is 62.5 Å². The number of pyridine rings is 1. The van der Waals surface area contributed by atoms with Crippen LogP contribution in [0.5, 0.6) is 11.5 Å². The van der Waals surface area contributed by atoms with Crippen LogP contribution in [-0.4, -0.2) is 43.4 Å². The second kappa shape index (κ2) is 14.0. The minimum Gasteiger partial charge on any atom is -0.497 e. The Labute approximate surface area is 243 Å². The number of rotatable bonds is 11. The average molecular weight is 568 g/mol. The average Bonchev–Trinajstić information content (AvgIpc) is 3.01. The van der Waals surface area contributed by atoms with E-state index in [4.69, 9.17) is 19.2 Å². The predicted molar refractivity (Wildman–Crippen MR) is 159 cm³/mol. The van der Waals surface area contributed by atoms with Gasteiger partial charge in [0.1, 0.15) is 22.6 Å². The van der Waals surface area contributed by atoms with Gasteiger partial charge in [0.25, 0.3) is 0 Å². The number of carbonyl (C=O) groups is 2.